The van der Waals surface area contributed by atoms with E-state index in [4.69, 9.17) is 9.84 Å². The molecule has 10 heteroatoms. The number of pyridine rings is 1. The highest BCUT2D eigenvalue weighted by Crippen LogP contribution is 2.37. The molecule has 1 aliphatic heterocycles. The van der Waals surface area contributed by atoms with Gasteiger partial charge >= 0.3 is 0 Å². The van der Waals surface area contributed by atoms with Crippen molar-refractivity contribution in [2.45, 2.75) is 25.9 Å². The average molecular weight is 509 g/mol. The molecule has 0 unspecified atom stereocenters. The fourth-order valence-electron chi connectivity index (χ4n) is 4.57. The maximum absolute atomic E-state index is 12.9. The average Bonchev–Trinajstić information content (AvgIpc) is 3.56. The largest absolute Gasteiger partial charge is 0.456 e. The number of carbonyl (C=O) groups excluding carboxylic acids is 2. The molecule has 36 heavy (non-hydrogen) atoms. The SMILES string of the molecule is Cc1c(C(=O)NCCCO)c2ccc(Oc3ccnc4cc(C(=O)N5CC[C@@H](O)C5)sc34)cc2n1C. The van der Waals surface area contributed by atoms with E-state index in [9.17, 15) is 14.7 Å². The topological polar surface area (TPSA) is 117 Å². The molecule has 5 rings (SSSR count). The Labute approximate surface area is 211 Å². The zero-order chi connectivity index (χ0) is 25.4. The number of benzene rings is 1. The van der Waals surface area contributed by atoms with Crippen molar-refractivity contribution in [3.05, 3.63) is 52.7 Å². The van der Waals surface area contributed by atoms with E-state index < -0.39 is 6.10 Å². The van der Waals surface area contributed by atoms with Crippen molar-refractivity contribution >= 4 is 44.3 Å². The summed E-state index contributed by atoms with van der Waals surface area (Å²) in [5.41, 5.74) is 2.98. The molecule has 188 valence electrons. The number of rotatable bonds is 7. The Morgan fingerprint density at radius 3 is 2.86 bits per heavy atom. The molecule has 1 saturated heterocycles. The Kier molecular flexibility index (Phi) is 6.65. The van der Waals surface area contributed by atoms with Gasteiger partial charge in [0.15, 0.2) is 0 Å². The monoisotopic (exact) mass is 508 g/mol. The Morgan fingerprint density at radius 2 is 2.11 bits per heavy atom. The number of nitrogens with one attached hydrogen (secondary N) is 1. The number of carbonyl (C=O) groups is 2. The maximum atomic E-state index is 12.9. The van der Waals surface area contributed by atoms with Crippen LogP contribution in [0.3, 0.4) is 0 Å². The van der Waals surface area contributed by atoms with E-state index >= 15 is 0 Å². The molecular formula is C26H28N4O5S. The number of aryl methyl sites for hydroxylation is 1. The lowest BCUT2D eigenvalue weighted by Gasteiger charge is -2.13. The van der Waals surface area contributed by atoms with Gasteiger partial charge in [-0.2, -0.15) is 0 Å². The van der Waals surface area contributed by atoms with Gasteiger partial charge in [0.05, 0.1) is 32.3 Å². The van der Waals surface area contributed by atoms with Gasteiger partial charge in [0.2, 0.25) is 0 Å². The van der Waals surface area contributed by atoms with Crippen molar-refractivity contribution in [1.29, 1.82) is 0 Å². The minimum absolute atomic E-state index is 0.0268. The molecule has 0 saturated carbocycles. The van der Waals surface area contributed by atoms with Crippen LogP contribution in [0.5, 0.6) is 11.5 Å². The molecule has 1 atom stereocenters. The molecular weight excluding hydrogens is 480 g/mol. The second kappa shape index (κ2) is 9.88. The number of fused-ring (bicyclic) bond motifs is 2. The summed E-state index contributed by atoms with van der Waals surface area (Å²) in [4.78, 5) is 32.3. The van der Waals surface area contributed by atoms with Crippen LogP contribution in [0, 0.1) is 6.92 Å². The highest BCUT2D eigenvalue weighted by atomic mass is 32.1. The van der Waals surface area contributed by atoms with Crippen LogP contribution >= 0.6 is 11.3 Å². The number of β-amino-alcohol motifs (C(OH)–C–C–N with tert-alkyl or cyclic N) is 1. The summed E-state index contributed by atoms with van der Waals surface area (Å²) < 4.78 is 8.97. The van der Waals surface area contributed by atoms with Crippen molar-refractivity contribution < 1.29 is 24.5 Å². The van der Waals surface area contributed by atoms with E-state index in [1.54, 1.807) is 23.2 Å². The number of hydrogen-bond donors (Lipinski definition) is 3. The predicted molar refractivity (Wildman–Crippen MR) is 138 cm³/mol. The number of aromatic nitrogens is 2. The number of amides is 2. The summed E-state index contributed by atoms with van der Waals surface area (Å²) in [6, 6.07) is 9.13. The molecule has 1 aromatic carbocycles. The predicted octanol–water partition coefficient (Wildman–Crippen LogP) is 3.21. The molecule has 4 aromatic rings. The molecule has 9 nitrogen and oxygen atoms in total. The summed E-state index contributed by atoms with van der Waals surface area (Å²) >= 11 is 1.33. The molecule has 0 radical (unpaired) electrons. The molecule has 0 aliphatic carbocycles. The summed E-state index contributed by atoms with van der Waals surface area (Å²) in [5.74, 6) is 0.924. The van der Waals surface area contributed by atoms with Gasteiger partial charge in [0.1, 0.15) is 11.5 Å². The van der Waals surface area contributed by atoms with E-state index in [2.05, 4.69) is 10.3 Å². The number of nitrogens with zero attached hydrogens (tertiary/aromatic N) is 3. The first kappa shape index (κ1) is 24.2. The third-order valence-electron chi connectivity index (χ3n) is 6.58. The third kappa shape index (κ3) is 4.43. The highest BCUT2D eigenvalue weighted by Gasteiger charge is 2.27. The van der Waals surface area contributed by atoms with Gasteiger partial charge in [-0.3, -0.25) is 14.6 Å². The minimum Gasteiger partial charge on any atom is -0.456 e. The van der Waals surface area contributed by atoms with Crippen LogP contribution in [0.15, 0.2) is 36.5 Å². The fourth-order valence-corrected chi connectivity index (χ4v) is 5.61. The molecule has 3 aromatic heterocycles. The van der Waals surface area contributed by atoms with Gasteiger partial charge < -0.3 is 29.7 Å². The van der Waals surface area contributed by atoms with Crippen LogP contribution in [0.4, 0.5) is 0 Å². The van der Waals surface area contributed by atoms with E-state index in [1.165, 1.54) is 11.3 Å². The highest BCUT2D eigenvalue weighted by molar-refractivity contribution is 7.21. The molecule has 2 amide bonds. The van der Waals surface area contributed by atoms with Gasteiger partial charge in [0.25, 0.3) is 11.8 Å². The van der Waals surface area contributed by atoms with Crippen molar-refractivity contribution in [3.63, 3.8) is 0 Å². The van der Waals surface area contributed by atoms with Crippen LogP contribution in [0.1, 0.15) is 38.6 Å². The van der Waals surface area contributed by atoms with Crippen LogP contribution in [0.2, 0.25) is 0 Å². The quantitative estimate of drug-likeness (QED) is 0.330. The first-order valence-electron chi connectivity index (χ1n) is 11.9. The van der Waals surface area contributed by atoms with Gasteiger partial charge in [0, 0.05) is 62.7 Å². The first-order valence-corrected chi connectivity index (χ1v) is 12.7. The van der Waals surface area contributed by atoms with Gasteiger partial charge in [-0.1, -0.05) is 0 Å². The molecule has 4 heterocycles. The molecule has 3 N–H and O–H groups in total. The minimum atomic E-state index is -0.469. The summed E-state index contributed by atoms with van der Waals surface area (Å²) in [6.45, 7) is 3.23. The third-order valence-corrected chi connectivity index (χ3v) is 7.70. The van der Waals surface area contributed by atoms with Crippen molar-refractivity contribution in [1.82, 2.24) is 19.8 Å². The van der Waals surface area contributed by atoms with E-state index in [0.29, 0.717) is 59.9 Å². The number of likely N-dealkylation sites (tertiary alicyclic amines) is 1. The standard InChI is InChI=1S/C26H28N4O5S/c1-15-23(25(33)28-8-3-11-31)18-5-4-17(12-20(18)29(15)2)35-21-6-9-27-19-13-22(36-24(19)21)26(34)30-10-7-16(32)14-30/h4-6,9,12-13,16,31-32H,3,7-8,10-11,14H2,1-2H3,(H,28,33)/t16-/m1/s1. The number of ether oxygens (including phenoxy) is 1. The van der Waals surface area contributed by atoms with Crippen molar-refractivity contribution in [3.8, 4) is 11.5 Å². The lowest BCUT2D eigenvalue weighted by atomic mass is 10.1. The van der Waals surface area contributed by atoms with Gasteiger partial charge in [-0.05, 0) is 38.0 Å². The van der Waals surface area contributed by atoms with E-state index in [-0.39, 0.29) is 18.4 Å². The Bertz CT molecular complexity index is 1460. The Morgan fingerprint density at radius 1 is 1.28 bits per heavy atom. The zero-order valence-electron chi connectivity index (χ0n) is 20.2. The number of thiophene rings is 1. The van der Waals surface area contributed by atoms with E-state index in [0.717, 1.165) is 21.3 Å². The Balaban J connectivity index is 1.43. The summed E-state index contributed by atoms with van der Waals surface area (Å²) in [5, 5.41) is 22.4. The maximum Gasteiger partial charge on any atom is 0.264 e. The van der Waals surface area contributed by atoms with Crippen molar-refractivity contribution in [2.75, 3.05) is 26.2 Å². The van der Waals surface area contributed by atoms with Crippen molar-refractivity contribution in [2.24, 2.45) is 7.05 Å². The van der Waals surface area contributed by atoms with Crippen LogP contribution < -0.4 is 10.1 Å². The number of aliphatic hydroxyl groups is 2. The molecule has 0 bridgehead atoms. The normalized spacial score (nSPS) is 15.7. The number of aliphatic hydroxyl groups excluding tert-OH is 2. The number of hydrogen-bond acceptors (Lipinski definition) is 7. The second-order valence-electron chi connectivity index (χ2n) is 8.96. The lowest BCUT2D eigenvalue weighted by molar-refractivity contribution is 0.0769. The second-order valence-corrected chi connectivity index (χ2v) is 10.0. The van der Waals surface area contributed by atoms with Crippen LogP contribution in [-0.2, 0) is 7.05 Å². The van der Waals surface area contributed by atoms with Gasteiger partial charge in [-0.25, -0.2) is 0 Å². The first-order chi connectivity index (χ1) is 17.4. The van der Waals surface area contributed by atoms with E-state index in [1.807, 2.05) is 36.7 Å². The molecule has 1 fully saturated rings. The summed E-state index contributed by atoms with van der Waals surface area (Å²) in [7, 11) is 1.91. The molecule has 1 aliphatic rings. The summed E-state index contributed by atoms with van der Waals surface area (Å²) in [6.07, 6.45) is 2.28. The van der Waals surface area contributed by atoms with Crippen LogP contribution in [0.25, 0.3) is 21.1 Å². The zero-order valence-corrected chi connectivity index (χ0v) is 21.0. The fraction of sp³-hybridized carbons (Fsp3) is 0.346. The van der Waals surface area contributed by atoms with Gasteiger partial charge in [-0.15, -0.1) is 11.3 Å². The Hall–Kier alpha value is -3.47. The van der Waals surface area contributed by atoms with Crippen LogP contribution in [-0.4, -0.2) is 68.8 Å². The molecule has 0 spiro atoms. The smallest absolute Gasteiger partial charge is 0.264 e. The lowest BCUT2D eigenvalue weighted by Crippen LogP contribution is -2.28.